The van der Waals surface area contributed by atoms with Crippen LogP contribution < -0.4 is 4.74 Å². The van der Waals surface area contributed by atoms with Crippen molar-refractivity contribution in [2.24, 2.45) is 4.99 Å². The van der Waals surface area contributed by atoms with Crippen molar-refractivity contribution in [2.45, 2.75) is 12.6 Å². The standard InChI is InChI=1S/C14H14N4O2/c1-19-14-12-9(2-3-15-14)4-16-13(12)10-5-17-18(6-10)11-7-20-8-11/h2-3,5-6,11H,4,7-8H2,1H3. The van der Waals surface area contributed by atoms with Crippen molar-refractivity contribution in [2.75, 3.05) is 20.3 Å². The SMILES string of the molecule is COc1nccc2c1C(c1cnn(C3COC3)c1)=NC2. The highest BCUT2D eigenvalue weighted by Crippen LogP contribution is 2.29. The Morgan fingerprint density at radius 3 is 3.05 bits per heavy atom. The maximum Gasteiger partial charge on any atom is 0.222 e. The Labute approximate surface area is 116 Å². The van der Waals surface area contributed by atoms with Crippen molar-refractivity contribution < 1.29 is 9.47 Å². The van der Waals surface area contributed by atoms with Crippen molar-refractivity contribution >= 4 is 5.71 Å². The lowest BCUT2D eigenvalue weighted by Crippen LogP contribution is -2.30. The fourth-order valence-electron chi connectivity index (χ4n) is 2.53. The molecule has 6 nitrogen and oxygen atoms in total. The summed E-state index contributed by atoms with van der Waals surface area (Å²) in [6.45, 7) is 2.13. The van der Waals surface area contributed by atoms with Crippen LogP contribution in [-0.2, 0) is 11.3 Å². The lowest BCUT2D eigenvalue weighted by atomic mass is 10.0. The molecule has 2 aliphatic heterocycles. The number of fused-ring (bicyclic) bond motifs is 1. The molecule has 0 N–H and O–H groups in total. The lowest BCUT2D eigenvalue weighted by Gasteiger charge is -2.25. The van der Waals surface area contributed by atoms with Crippen LogP contribution in [0, 0.1) is 0 Å². The van der Waals surface area contributed by atoms with E-state index >= 15 is 0 Å². The number of aliphatic imine (C=N–C) groups is 1. The maximum atomic E-state index is 5.36. The molecule has 0 radical (unpaired) electrons. The number of nitrogens with zero attached hydrogens (tertiary/aromatic N) is 4. The highest BCUT2D eigenvalue weighted by molar-refractivity contribution is 6.16. The highest BCUT2D eigenvalue weighted by Gasteiger charge is 2.26. The van der Waals surface area contributed by atoms with Crippen molar-refractivity contribution in [1.82, 2.24) is 14.8 Å². The number of ether oxygens (including phenoxy) is 2. The molecule has 0 spiro atoms. The van der Waals surface area contributed by atoms with Gasteiger partial charge in [0.05, 0.1) is 50.4 Å². The molecule has 2 aromatic heterocycles. The van der Waals surface area contributed by atoms with Crippen LogP contribution in [-0.4, -0.2) is 40.8 Å². The minimum absolute atomic E-state index is 0.348. The average molecular weight is 270 g/mol. The van der Waals surface area contributed by atoms with Gasteiger partial charge in [-0.05, 0) is 11.6 Å². The predicted octanol–water partition coefficient (Wildman–Crippen LogP) is 1.21. The molecule has 2 aromatic rings. The third kappa shape index (κ3) is 1.65. The minimum Gasteiger partial charge on any atom is -0.480 e. The van der Waals surface area contributed by atoms with Gasteiger partial charge >= 0.3 is 0 Å². The van der Waals surface area contributed by atoms with E-state index < -0.39 is 0 Å². The van der Waals surface area contributed by atoms with Crippen LogP contribution in [0.25, 0.3) is 0 Å². The van der Waals surface area contributed by atoms with Crippen molar-refractivity contribution in [3.63, 3.8) is 0 Å². The fraction of sp³-hybridized carbons (Fsp3) is 0.357. The minimum atomic E-state index is 0.348. The average Bonchev–Trinajstić information content (AvgIpc) is 3.02. The van der Waals surface area contributed by atoms with E-state index in [0.29, 0.717) is 18.5 Å². The molecule has 102 valence electrons. The number of aromatic nitrogens is 3. The van der Waals surface area contributed by atoms with Gasteiger partial charge in [0.1, 0.15) is 0 Å². The summed E-state index contributed by atoms with van der Waals surface area (Å²) in [5.74, 6) is 0.624. The third-order valence-electron chi connectivity index (χ3n) is 3.71. The predicted molar refractivity (Wildman–Crippen MR) is 72.2 cm³/mol. The Balaban J connectivity index is 1.73. The first-order chi connectivity index (χ1) is 9.86. The summed E-state index contributed by atoms with van der Waals surface area (Å²) in [7, 11) is 1.63. The molecule has 0 atom stereocenters. The molecule has 6 heteroatoms. The molecule has 0 amide bonds. The zero-order chi connectivity index (χ0) is 13.5. The summed E-state index contributed by atoms with van der Waals surface area (Å²) in [5.41, 5.74) is 4.05. The quantitative estimate of drug-likeness (QED) is 0.841. The second kappa shape index (κ2) is 4.42. The van der Waals surface area contributed by atoms with E-state index in [0.717, 1.165) is 35.6 Å². The molecule has 1 saturated heterocycles. The first kappa shape index (κ1) is 11.6. The molecule has 0 saturated carbocycles. The molecule has 0 aliphatic carbocycles. The van der Waals surface area contributed by atoms with Gasteiger partial charge in [-0.15, -0.1) is 0 Å². The van der Waals surface area contributed by atoms with Gasteiger partial charge in [-0.2, -0.15) is 5.10 Å². The van der Waals surface area contributed by atoms with E-state index in [2.05, 4.69) is 15.1 Å². The monoisotopic (exact) mass is 270 g/mol. The molecular weight excluding hydrogens is 256 g/mol. The van der Waals surface area contributed by atoms with Gasteiger partial charge in [0, 0.05) is 18.0 Å². The normalized spacial score (nSPS) is 17.6. The smallest absolute Gasteiger partial charge is 0.222 e. The van der Waals surface area contributed by atoms with Crippen LogP contribution in [0.1, 0.15) is 22.7 Å². The molecule has 4 heterocycles. The second-order valence-corrected chi connectivity index (χ2v) is 4.92. The van der Waals surface area contributed by atoms with Gasteiger partial charge in [-0.25, -0.2) is 4.98 Å². The van der Waals surface area contributed by atoms with Crippen LogP contribution in [0.15, 0.2) is 29.6 Å². The van der Waals surface area contributed by atoms with Gasteiger partial charge < -0.3 is 9.47 Å². The summed E-state index contributed by atoms with van der Waals surface area (Å²) in [5, 5.41) is 4.41. The van der Waals surface area contributed by atoms with E-state index in [1.54, 1.807) is 13.3 Å². The summed E-state index contributed by atoms with van der Waals surface area (Å²) >= 11 is 0. The van der Waals surface area contributed by atoms with Crippen LogP contribution >= 0.6 is 0 Å². The maximum absolute atomic E-state index is 5.36. The van der Waals surface area contributed by atoms with Gasteiger partial charge in [0.25, 0.3) is 0 Å². The molecule has 2 aliphatic rings. The van der Waals surface area contributed by atoms with E-state index in [4.69, 9.17) is 9.47 Å². The number of methoxy groups -OCH3 is 1. The molecule has 1 fully saturated rings. The zero-order valence-electron chi connectivity index (χ0n) is 11.1. The molecule has 0 aromatic carbocycles. The van der Waals surface area contributed by atoms with Crippen LogP contribution in [0.2, 0.25) is 0 Å². The van der Waals surface area contributed by atoms with Gasteiger partial charge in [0.15, 0.2) is 0 Å². The molecule has 4 rings (SSSR count). The first-order valence-corrected chi connectivity index (χ1v) is 6.56. The third-order valence-corrected chi connectivity index (χ3v) is 3.71. The molecule has 0 bridgehead atoms. The second-order valence-electron chi connectivity index (χ2n) is 4.92. The largest absolute Gasteiger partial charge is 0.480 e. The summed E-state index contributed by atoms with van der Waals surface area (Å²) in [6, 6.07) is 2.33. The first-order valence-electron chi connectivity index (χ1n) is 6.56. The number of pyridine rings is 1. The fourth-order valence-corrected chi connectivity index (χ4v) is 2.53. The summed E-state index contributed by atoms with van der Waals surface area (Å²) < 4.78 is 12.5. The van der Waals surface area contributed by atoms with Crippen molar-refractivity contribution in [3.8, 4) is 5.88 Å². The van der Waals surface area contributed by atoms with E-state index in [1.165, 1.54) is 0 Å². The van der Waals surface area contributed by atoms with Crippen LogP contribution in [0.3, 0.4) is 0 Å². The Bertz CT molecular complexity index is 688. The highest BCUT2D eigenvalue weighted by atomic mass is 16.5. The lowest BCUT2D eigenvalue weighted by molar-refractivity contribution is -0.0286. The Morgan fingerprint density at radius 1 is 1.40 bits per heavy atom. The Morgan fingerprint density at radius 2 is 2.30 bits per heavy atom. The number of hydrogen-bond donors (Lipinski definition) is 0. The summed E-state index contributed by atoms with van der Waals surface area (Å²) in [4.78, 5) is 8.87. The van der Waals surface area contributed by atoms with Gasteiger partial charge in [0.2, 0.25) is 5.88 Å². The van der Waals surface area contributed by atoms with Crippen molar-refractivity contribution in [1.29, 1.82) is 0 Å². The van der Waals surface area contributed by atoms with Crippen LogP contribution in [0.5, 0.6) is 5.88 Å². The van der Waals surface area contributed by atoms with Crippen LogP contribution in [0.4, 0.5) is 0 Å². The van der Waals surface area contributed by atoms with Gasteiger partial charge in [-0.3, -0.25) is 9.67 Å². The van der Waals surface area contributed by atoms with Gasteiger partial charge in [-0.1, -0.05) is 0 Å². The Kier molecular flexibility index (Phi) is 2.56. The van der Waals surface area contributed by atoms with E-state index in [-0.39, 0.29) is 0 Å². The Hall–Kier alpha value is -2.21. The number of hydrogen-bond acceptors (Lipinski definition) is 5. The molecule has 0 unspecified atom stereocenters. The zero-order valence-corrected chi connectivity index (χ0v) is 11.1. The summed E-state index contributed by atoms with van der Waals surface area (Å²) in [6.07, 6.45) is 5.62. The van der Waals surface area contributed by atoms with E-state index in [1.807, 2.05) is 23.1 Å². The van der Waals surface area contributed by atoms with Crippen molar-refractivity contribution in [3.05, 3.63) is 41.3 Å². The number of rotatable bonds is 3. The van der Waals surface area contributed by atoms with E-state index in [9.17, 15) is 0 Å². The topological polar surface area (TPSA) is 61.5 Å². The molecular formula is C14H14N4O2. The molecule has 20 heavy (non-hydrogen) atoms.